The highest BCUT2D eigenvalue weighted by molar-refractivity contribution is 7.99. The number of hydrogen-bond donors (Lipinski definition) is 1. The van der Waals surface area contributed by atoms with Gasteiger partial charge in [-0.25, -0.2) is 4.98 Å². The molecule has 1 aromatic heterocycles. The van der Waals surface area contributed by atoms with E-state index in [0.717, 1.165) is 51.1 Å². The minimum atomic E-state index is -0.0652. The number of anilines is 1. The largest absolute Gasteiger partial charge is 0.378 e. The second kappa shape index (κ2) is 11.2. The van der Waals surface area contributed by atoms with Gasteiger partial charge in [-0.2, -0.15) is 0 Å². The van der Waals surface area contributed by atoms with Gasteiger partial charge in [-0.3, -0.25) is 14.2 Å². The van der Waals surface area contributed by atoms with Crippen LogP contribution in [0.2, 0.25) is 0 Å². The van der Waals surface area contributed by atoms with E-state index in [1.807, 2.05) is 18.2 Å². The number of amides is 1. The van der Waals surface area contributed by atoms with Crippen molar-refractivity contribution in [1.29, 1.82) is 0 Å². The summed E-state index contributed by atoms with van der Waals surface area (Å²) in [5.74, 6) is 0.160. The summed E-state index contributed by atoms with van der Waals surface area (Å²) < 4.78 is 12.7. The van der Waals surface area contributed by atoms with Gasteiger partial charge in [-0.15, -0.1) is 0 Å². The van der Waals surface area contributed by atoms with Crippen LogP contribution in [0.5, 0.6) is 0 Å². The van der Waals surface area contributed by atoms with Crippen molar-refractivity contribution in [2.24, 2.45) is 0 Å². The monoisotopic (exact) mass is 460 g/mol. The van der Waals surface area contributed by atoms with Gasteiger partial charge >= 0.3 is 0 Å². The molecule has 0 saturated carbocycles. The average molecular weight is 461 g/mol. The topological polar surface area (TPSA) is 85.7 Å². The second-order valence-corrected chi connectivity index (χ2v) is 9.18. The van der Waals surface area contributed by atoms with Crippen LogP contribution < -0.4 is 15.8 Å². The van der Waals surface area contributed by atoms with Gasteiger partial charge in [0.05, 0.1) is 36.0 Å². The number of nitrogens with zero attached hydrogens (tertiary/aromatic N) is 3. The van der Waals surface area contributed by atoms with Gasteiger partial charge in [0, 0.05) is 38.5 Å². The van der Waals surface area contributed by atoms with Crippen LogP contribution in [0.4, 0.5) is 5.69 Å². The number of benzene rings is 1. The van der Waals surface area contributed by atoms with Crippen molar-refractivity contribution in [3.8, 4) is 0 Å². The number of thioether (sulfide) groups is 1. The molecule has 2 aliphatic rings. The summed E-state index contributed by atoms with van der Waals surface area (Å²) in [6, 6.07) is 5.87. The van der Waals surface area contributed by atoms with E-state index in [1.165, 1.54) is 11.8 Å². The van der Waals surface area contributed by atoms with Gasteiger partial charge in [0.15, 0.2) is 5.16 Å². The van der Waals surface area contributed by atoms with E-state index in [-0.39, 0.29) is 23.3 Å². The molecule has 8 nitrogen and oxygen atoms in total. The molecule has 4 rings (SSSR count). The summed E-state index contributed by atoms with van der Waals surface area (Å²) in [4.78, 5) is 32.7. The molecule has 2 saturated heterocycles. The fraction of sp³-hybridized carbons (Fsp3) is 0.609. The summed E-state index contributed by atoms with van der Waals surface area (Å²) >= 11 is 1.32. The first-order chi connectivity index (χ1) is 15.7. The van der Waals surface area contributed by atoms with Gasteiger partial charge in [0.1, 0.15) is 0 Å². The Bertz CT molecular complexity index is 984. The van der Waals surface area contributed by atoms with E-state index in [2.05, 4.69) is 17.1 Å². The molecule has 0 radical (unpaired) electrons. The number of rotatable bonds is 9. The lowest BCUT2D eigenvalue weighted by Gasteiger charge is -2.29. The predicted octanol–water partition coefficient (Wildman–Crippen LogP) is 2.42. The summed E-state index contributed by atoms with van der Waals surface area (Å²) in [6.07, 6.45) is 4.01. The molecule has 2 fully saturated rings. The number of carbonyl (C=O) groups excluding carboxylic acids is 1. The number of nitrogens with one attached hydrogen (secondary N) is 1. The van der Waals surface area contributed by atoms with Crippen LogP contribution in [0.1, 0.15) is 32.6 Å². The summed E-state index contributed by atoms with van der Waals surface area (Å²) in [5, 5.41) is 4.16. The van der Waals surface area contributed by atoms with Gasteiger partial charge < -0.3 is 19.7 Å². The van der Waals surface area contributed by atoms with Crippen LogP contribution in [0.3, 0.4) is 0 Å². The second-order valence-electron chi connectivity index (χ2n) is 8.23. The third-order valence-corrected chi connectivity index (χ3v) is 6.87. The third-order valence-electron chi connectivity index (χ3n) is 5.90. The molecule has 2 aliphatic heterocycles. The predicted molar refractivity (Wildman–Crippen MR) is 127 cm³/mol. The number of fused-ring (bicyclic) bond motifs is 1. The molecular weight excluding hydrogens is 428 g/mol. The van der Waals surface area contributed by atoms with Crippen molar-refractivity contribution in [2.45, 2.75) is 50.4 Å². The van der Waals surface area contributed by atoms with Crippen LogP contribution in [-0.4, -0.2) is 66.8 Å². The van der Waals surface area contributed by atoms with Crippen molar-refractivity contribution in [2.75, 3.05) is 50.1 Å². The standard InChI is InChI=1S/C23H32N4O4S/c1-2-3-8-27-22(29)19-14-17(26-9-12-30-13-10-26)6-7-20(19)25-23(27)32-16-21(28)24-15-18-5-4-11-31-18/h6-7,14,18H,2-5,8-13,15-16H2,1H3,(H,24,28)/t18-/m1/s1. The van der Waals surface area contributed by atoms with Crippen LogP contribution in [0.15, 0.2) is 28.2 Å². The van der Waals surface area contributed by atoms with E-state index in [0.29, 0.717) is 42.4 Å². The number of aromatic nitrogens is 2. The molecule has 32 heavy (non-hydrogen) atoms. The van der Waals surface area contributed by atoms with Crippen LogP contribution in [-0.2, 0) is 20.8 Å². The number of unbranched alkanes of at least 4 members (excludes halogenated alkanes) is 1. The molecule has 3 heterocycles. The van der Waals surface area contributed by atoms with E-state index in [1.54, 1.807) is 4.57 Å². The normalized spacial score (nSPS) is 18.9. The lowest BCUT2D eigenvalue weighted by Crippen LogP contribution is -2.36. The Kier molecular flexibility index (Phi) is 8.05. The van der Waals surface area contributed by atoms with E-state index >= 15 is 0 Å². The van der Waals surface area contributed by atoms with Crippen molar-refractivity contribution in [3.05, 3.63) is 28.6 Å². The maximum Gasteiger partial charge on any atom is 0.262 e. The Morgan fingerprint density at radius 3 is 2.88 bits per heavy atom. The quantitative estimate of drug-likeness (QED) is 0.454. The van der Waals surface area contributed by atoms with Crippen molar-refractivity contribution < 1.29 is 14.3 Å². The minimum absolute atomic E-state index is 0.0409. The SMILES string of the molecule is CCCCn1c(SCC(=O)NC[C@H]2CCCO2)nc2ccc(N3CCOCC3)cc2c1=O. The lowest BCUT2D eigenvalue weighted by atomic mass is 10.2. The molecular formula is C23H32N4O4S. The fourth-order valence-electron chi connectivity index (χ4n) is 4.04. The van der Waals surface area contributed by atoms with E-state index < -0.39 is 0 Å². The Hall–Kier alpha value is -2.10. The summed E-state index contributed by atoms with van der Waals surface area (Å²) in [5.41, 5.74) is 1.65. The highest BCUT2D eigenvalue weighted by Gasteiger charge is 2.18. The Labute approximate surface area is 192 Å². The number of hydrogen-bond acceptors (Lipinski definition) is 7. The van der Waals surface area contributed by atoms with Gasteiger partial charge in [0.2, 0.25) is 5.91 Å². The number of carbonyl (C=O) groups is 1. The van der Waals surface area contributed by atoms with E-state index in [9.17, 15) is 9.59 Å². The number of morpholine rings is 1. The highest BCUT2D eigenvalue weighted by atomic mass is 32.2. The molecule has 0 bridgehead atoms. The van der Waals surface area contributed by atoms with Crippen molar-refractivity contribution in [3.63, 3.8) is 0 Å². The molecule has 2 aromatic rings. The Morgan fingerprint density at radius 1 is 1.28 bits per heavy atom. The van der Waals surface area contributed by atoms with Crippen LogP contribution in [0.25, 0.3) is 10.9 Å². The van der Waals surface area contributed by atoms with Crippen molar-refractivity contribution in [1.82, 2.24) is 14.9 Å². The lowest BCUT2D eigenvalue weighted by molar-refractivity contribution is -0.119. The first-order valence-electron chi connectivity index (χ1n) is 11.5. The molecule has 9 heteroatoms. The molecule has 0 unspecified atom stereocenters. The molecule has 0 aliphatic carbocycles. The maximum atomic E-state index is 13.4. The molecule has 174 valence electrons. The van der Waals surface area contributed by atoms with Crippen LogP contribution in [0, 0.1) is 0 Å². The number of ether oxygens (including phenoxy) is 2. The zero-order valence-electron chi connectivity index (χ0n) is 18.7. The highest BCUT2D eigenvalue weighted by Crippen LogP contribution is 2.23. The third kappa shape index (κ3) is 5.63. The molecule has 1 atom stereocenters. The van der Waals surface area contributed by atoms with Crippen LogP contribution >= 0.6 is 11.8 Å². The first kappa shape index (κ1) is 23.1. The minimum Gasteiger partial charge on any atom is -0.378 e. The zero-order chi connectivity index (χ0) is 22.3. The fourth-order valence-corrected chi connectivity index (χ4v) is 4.90. The maximum absolute atomic E-state index is 13.4. The van der Waals surface area contributed by atoms with Crippen molar-refractivity contribution >= 4 is 34.3 Å². The Morgan fingerprint density at radius 2 is 2.12 bits per heavy atom. The molecule has 1 aromatic carbocycles. The zero-order valence-corrected chi connectivity index (χ0v) is 19.5. The summed E-state index contributed by atoms with van der Waals surface area (Å²) in [7, 11) is 0. The molecule has 1 amide bonds. The van der Waals surface area contributed by atoms with Gasteiger partial charge in [-0.1, -0.05) is 25.1 Å². The smallest absolute Gasteiger partial charge is 0.262 e. The van der Waals surface area contributed by atoms with E-state index in [4.69, 9.17) is 14.5 Å². The molecule has 1 N–H and O–H groups in total. The summed E-state index contributed by atoms with van der Waals surface area (Å²) in [6.45, 7) is 7.03. The van der Waals surface area contributed by atoms with Gasteiger partial charge in [-0.05, 0) is 37.5 Å². The Balaban J connectivity index is 1.52. The first-order valence-corrected chi connectivity index (χ1v) is 12.5. The van der Waals surface area contributed by atoms with Gasteiger partial charge in [0.25, 0.3) is 5.56 Å². The average Bonchev–Trinajstić information content (AvgIpc) is 3.35. The molecule has 0 spiro atoms.